The molecule has 0 aliphatic carbocycles. The molecule has 0 saturated heterocycles. The maximum absolute atomic E-state index is 13.7. The number of benzene rings is 1. The van der Waals surface area contributed by atoms with E-state index < -0.39 is 5.82 Å². The van der Waals surface area contributed by atoms with E-state index in [-0.39, 0.29) is 11.9 Å². The molecule has 0 radical (unpaired) electrons. The van der Waals surface area contributed by atoms with Gasteiger partial charge in [-0.05, 0) is 36.8 Å². The number of aromatic nitrogens is 1. The molecule has 18 heavy (non-hydrogen) atoms. The van der Waals surface area contributed by atoms with Crippen molar-refractivity contribution in [3.63, 3.8) is 0 Å². The van der Waals surface area contributed by atoms with E-state index in [4.69, 9.17) is 10.5 Å². The van der Waals surface area contributed by atoms with Crippen molar-refractivity contribution in [3.8, 4) is 5.75 Å². The van der Waals surface area contributed by atoms with Crippen LogP contribution in [0.4, 0.5) is 4.39 Å². The predicted molar refractivity (Wildman–Crippen MR) is 67.6 cm³/mol. The van der Waals surface area contributed by atoms with Crippen LogP contribution >= 0.6 is 0 Å². The van der Waals surface area contributed by atoms with Gasteiger partial charge >= 0.3 is 0 Å². The average Bonchev–Trinajstić information content (AvgIpc) is 2.42. The SMILES string of the molecule is CC(Oc1ccc(CN)cc1F)c1ccccn1. The van der Waals surface area contributed by atoms with Crippen LogP contribution < -0.4 is 10.5 Å². The van der Waals surface area contributed by atoms with Gasteiger partial charge in [0.25, 0.3) is 0 Å². The van der Waals surface area contributed by atoms with Crippen molar-refractivity contribution < 1.29 is 9.13 Å². The van der Waals surface area contributed by atoms with Gasteiger partial charge in [0.05, 0.1) is 5.69 Å². The number of hydrogen-bond donors (Lipinski definition) is 1. The van der Waals surface area contributed by atoms with Gasteiger partial charge in [-0.25, -0.2) is 4.39 Å². The summed E-state index contributed by atoms with van der Waals surface area (Å²) in [6, 6.07) is 10.3. The molecular weight excluding hydrogens is 231 g/mol. The fraction of sp³-hybridized carbons (Fsp3) is 0.214. The van der Waals surface area contributed by atoms with E-state index in [2.05, 4.69) is 4.98 Å². The highest BCUT2D eigenvalue weighted by Gasteiger charge is 2.11. The lowest BCUT2D eigenvalue weighted by Gasteiger charge is -2.15. The molecule has 94 valence electrons. The molecule has 0 fully saturated rings. The lowest BCUT2D eigenvalue weighted by molar-refractivity contribution is 0.211. The Bertz CT molecular complexity index is 516. The largest absolute Gasteiger partial charge is 0.481 e. The molecule has 1 aromatic carbocycles. The smallest absolute Gasteiger partial charge is 0.165 e. The van der Waals surface area contributed by atoms with E-state index in [1.807, 2.05) is 25.1 Å². The van der Waals surface area contributed by atoms with Crippen LogP contribution in [0.15, 0.2) is 42.6 Å². The van der Waals surface area contributed by atoms with E-state index in [0.717, 1.165) is 11.3 Å². The van der Waals surface area contributed by atoms with Crippen LogP contribution in [0, 0.1) is 5.82 Å². The highest BCUT2D eigenvalue weighted by Crippen LogP contribution is 2.24. The molecule has 1 atom stereocenters. The summed E-state index contributed by atoms with van der Waals surface area (Å²) in [5.41, 5.74) is 6.95. The lowest BCUT2D eigenvalue weighted by Crippen LogP contribution is -2.06. The topological polar surface area (TPSA) is 48.1 Å². The second-order valence-electron chi connectivity index (χ2n) is 3.98. The van der Waals surface area contributed by atoms with Crippen LogP contribution in [0.25, 0.3) is 0 Å². The zero-order valence-corrected chi connectivity index (χ0v) is 10.1. The Morgan fingerprint density at radius 2 is 2.17 bits per heavy atom. The predicted octanol–water partition coefficient (Wildman–Crippen LogP) is 2.82. The zero-order chi connectivity index (χ0) is 13.0. The van der Waals surface area contributed by atoms with E-state index in [0.29, 0.717) is 6.54 Å². The Morgan fingerprint density at radius 1 is 1.33 bits per heavy atom. The number of ether oxygens (including phenoxy) is 1. The molecule has 0 amide bonds. The normalized spacial score (nSPS) is 12.2. The Hall–Kier alpha value is -1.94. The second-order valence-corrected chi connectivity index (χ2v) is 3.98. The van der Waals surface area contributed by atoms with Crippen LogP contribution in [0.2, 0.25) is 0 Å². The molecular formula is C14H15FN2O. The minimum atomic E-state index is -0.402. The van der Waals surface area contributed by atoms with Gasteiger partial charge in [-0.15, -0.1) is 0 Å². The van der Waals surface area contributed by atoms with Crippen LogP contribution in [0.3, 0.4) is 0 Å². The Labute approximate surface area is 105 Å². The van der Waals surface area contributed by atoms with E-state index in [9.17, 15) is 4.39 Å². The van der Waals surface area contributed by atoms with Crippen LogP contribution in [0.1, 0.15) is 24.3 Å². The Kier molecular flexibility index (Phi) is 3.89. The maximum Gasteiger partial charge on any atom is 0.165 e. The third kappa shape index (κ3) is 2.84. The first kappa shape index (κ1) is 12.5. The molecule has 2 rings (SSSR count). The lowest BCUT2D eigenvalue weighted by atomic mass is 10.2. The molecule has 3 nitrogen and oxygen atoms in total. The summed E-state index contributed by atoms with van der Waals surface area (Å²) in [4.78, 5) is 4.17. The maximum atomic E-state index is 13.7. The summed E-state index contributed by atoms with van der Waals surface area (Å²) in [5, 5.41) is 0. The third-order valence-corrected chi connectivity index (χ3v) is 2.64. The summed E-state index contributed by atoms with van der Waals surface area (Å²) in [5.74, 6) is -0.189. The molecule has 0 aliphatic rings. The minimum Gasteiger partial charge on any atom is -0.481 e. The molecule has 2 aromatic rings. The summed E-state index contributed by atoms with van der Waals surface area (Å²) in [7, 11) is 0. The van der Waals surface area contributed by atoms with Crippen molar-refractivity contribution >= 4 is 0 Å². The summed E-state index contributed by atoms with van der Waals surface area (Å²) in [6.07, 6.45) is 1.38. The van der Waals surface area contributed by atoms with Crippen molar-refractivity contribution in [3.05, 3.63) is 59.7 Å². The quantitative estimate of drug-likeness (QED) is 0.902. The number of pyridine rings is 1. The Balaban J connectivity index is 2.14. The molecule has 0 saturated carbocycles. The first-order valence-corrected chi connectivity index (χ1v) is 5.77. The number of nitrogens with two attached hydrogens (primary N) is 1. The molecule has 1 heterocycles. The van der Waals surface area contributed by atoms with E-state index in [1.165, 1.54) is 6.07 Å². The van der Waals surface area contributed by atoms with E-state index in [1.54, 1.807) is 18.3 Å². The van der Waals surface area contributed by atoms with Crippen molar-refractivity contribution in [1.29, 1.82) is 0 Å². The molecule has 1 unspecified atom stereocenters. The van der Waals surface area contributed by atoms with E-state index >= 15 is 0 Å². The van der Waals surface area contributed by atoms with Crippen molar-refractivity contribution in [2.75, 3.05) is 0 Å². The molecule has 0 aliphatic heterocycles. The number of hydrogen-bond acceptors (Lipinski definition) is 3. The molecule has 2 N–H and O–H groups in total. The van der Waals surface area contributed by atoms with Crippen LogP contribution in [-0.2, 0) is 6.54 Å². The molecule has 0 bridgehead atoms. The summed E-state index contributed by atoms with van der Waals surface area (Å²) >= 11 is 0. The average molecular weight is 246 g/mol. The Morgan fingerprint density at radius 3 is 2.78 bits per heavy atom. The van der Waals surface area contributed by atoms with Gasteiger partial charge in [-0.2, -0.15) is 0 Å². The molecule has 0 spiro atoms. The zero-order valence-electron chi connectivity index (χ0n) is 10.1. The monoisotopic (exact) mass is 246 g/mol. The van der Waals surface area contributed by atoms with Crippen molar-refractivity contribution in [2.24, 2.45) is 5.73 Å². The highest BCUT2D eigenvalue weighted by molar-refractivity contribution is 5.29. The van der Waals surface area contributed by atoms with Gasteiger partial charge in [0.15, 0.2) is 11.6 Å². The fourth-order valence-corrected chi connectivity index (χ4v) is 1.63. The second kappa shape index (κ2) is 5.60. The number of nitrogens with zero attached hydrogens (tertiary/aromatic N) is 1. The summed E-state index contributed by atoms with van der Waals surface area (Å²) < 4.78 is 19.3. The third-order valence-electron chi connectivity index (χ3n) is 2.64. The highest BCUT2D eigenvalue weighted by atomic mass is 19.1. The van der Waals surface area contributed by atoms with Gasteiger partial charge in [0, 0.05) is 12.7 Å². The standard InChI is InChI=1S/C14H15FN2O/c1-10(13-4-2-3-7-17-13)18-14-6-5-11(9-16)8-12(14)15/h2-8,10H,9,16H2,1H3. The van der Waals surface area contributed by atoms with Gasteiger partial charge in [-0.1, -0.05) is 12.1 Å². The molecule has 1 aromatic heterocycles. The first-order chi connectivity index (χ1) is 8.70. The first-order valence-electron chi connectivity index (χ1n) is 5.77. The van der Waals surface area contributed by atoms with Gasteiger partial charge in [0.1, 0.15) is 6.10 Å². The van der Waals surface area contributed by atoms with Gasteiger partial charge in [0.2, 0.25) is 0 Å². The van der Waals surface area contributed by atoms with Crippen molar-refractivity contribution in [2.45, 2.75) is 19.6 Å². The molecule has 4 heteroatoms. The van der Waals surface area contributed by atoms with Crippen LogP contribution in [0.5, 0.6) is 5.75 Å². The minimum absolute atomic E-state index is 0.213. The van der Waals surface area contributed by atoms with Gasteiger partial charge < -0.3 is 10.5 Å². The van der Waals surface area contributed by atoms with Crippen LogP contribution in [-0.4, -0.2) is 4.98 Å². The number of halogens is 1. The number of rotatable bonds is 4. The summed E-state index contributed by atoms with van der Waals surface area (Å²) in [6.45, 7) is 2.14. The fourth-order valence-electron chi connectivity index (χ4n) is 1.63. The van der Waals surface area contributed by atoms with Gasteiger partial charge in [-0.3, -0.25) is 4.98 Å². The van der Waals surface area contributed by atoms with Crippen molar-refractivity contribution in [1.82, 2.24) is 4.98 Å².